The molecule has 2 aromatic heterocycles. The van der Waals surface area contributed by atoms with Gasteiger partial charge in [0.1, 0.15) is 41.4 Å². The van der Waals surface area contributed by atoms with Crippen LogP contribution in [0.2, 0.25) is 0 Å². The number of halogens is 3. The Morgan fingerprint density at radius 1 is 1.08 bits per heavy atom. The molecule has 3 aliphatic rings. The van der Waals surface area contributed by atoms with Gasteiger partial charge >= 0.3 is 6.01 Å². The molecule has 0 amide bonds. The minimum Gasteiger partial charge on any atom is -0.468 e. The molecule has 0 radical (unpaired) electrons. The van der Waals surface area contributed by atoms with E-state index in [1.54, 1.807) is 18.2 Å². The highest BCUT2D eigenvalue weighted by atomic mass is 19.1. The number of aromatic nitrogens is 3. The molecule has 12 heteroatoms. The minimum atomic E-state index is -0.929. The van der Waals surface area contributed by atoms with Crippen LogP contribution in [0.25, 0.3) is 32.9 Å². The second kappa shape index (κ2) is 12.6. The topological polar surface area (TPSA) is 93.1 Å². The maximum Gasteiger partial charge on any atom is 0.319 e. The van der Waals surface area contributed by atoms with E-state index in [9.17, 15) is 9.50 Å². The normalized spacial score (nSPS) is 24.0. The predicted octanol–water partition coefficient (Wildman–Crippen LogP) is 6.22. The Morgan fingerprint density at radius 2 is 1.92 bits per heavy atom. The Kier molecular flexibility index (Phi) is 8.62. The number of benzene rings is 2. The number of hydrogen-bond donors (Lipinski definition) is 1. The molecular formula is C36H42F3N5O4. The molecule has 48 heavy (non-hydrogen) atoms. The number of fused-ring (bicyclic) bond motifs is 3. The number of aryl methyl sites for hydroxylation is 1. The van der Waals surface area contributed by atoms with Crippen molar-refractivity contribution in [3.63, 3.8) is 0 Å². The number of nitrogens with zero attached hydrogens (tertiary/aromatic N) is 5. The number of ether oxygens (including phenoxy) is 3. The molecule has 3 saturated heterocycles. The number of hydrogen-bond acceptors (Lipinski definition) is 9. The highest BCUT2D eigenvalue weighted by Gasteiger charge is 2.49. The number of methoxy groups -OCH3 is 1. The van der Waals surface area contributed by atoms with Crippen molar-refractivity contribution in [3.05, 3.63) is 47.7 Å². The molecule has 3 atom stereocenters. The van der Waals surface area contributed by atoms with Gasteiger partial charge in [0, 0.05) is 44.9 Å². The summed E-state index contributed by atoms with van der Waals surface area (Å²) in [5.41, 5.74) is 0.0498. The summed E-state index contributed by atoms with van der Waals surface area (Å²) >= 11 is 0. The van der Waals surface area contributed by atoms with E-state index in [2.05, 4.69) is 28.7 Å². The zero-order valence-corrected chi connectivity index (χ0v) is 27.9. The number of anilines is 1. The smallest absolute Gasteiger partial charge is 0.319 e. The lowest BCUT2D eigenvalue weighted by Crippen LogP contribution is -2.47. The van der Waals surface area contributed by atoms with Crippen molar-refractivity contribution in [3.8, 4) is 23.0 Å². The summed E-state index contributed by atoms with van der Waals surface area (Å²) in [5, 5.41) is 12.4. The van der Waals surface area contributed by atoms with Crippen LogP contribution in [0, 0.1) is 17.0 Å². The van der Waals surface area contributed by atoms with Gasteiger partial charge in [0.25, 0.3) is 0 Å². The van der Waals surface area contributed by atoms with E-state index in [4.69, 9.17) is 19.2 Å². The third-order valence-electron chi connectivity index (χ3n) is 10.1. The Labute approximate surface area is 278 Å². The van der Waals surface area contributed by atoms with Crippen LogP contribution in [0.1, 0.15) is 52.0 Å². The largest absolute Gasteiger partial charge is 0.468 e. The number of piperidine rings is 1. The van der Waals surface area contributed by atoms with Crippen molar-refractivity contribution in [2.24, 2.45) is 5.41 Å². The Bertz CT molecular complexity index is 1860. The maximum absolute atomic E-state index is 17.1. The fraction of sp³-hybridized carbons (Fsp3) is 0.528. The van der Waals surface area contributed by atoms with Gasteiger partial charge in [0.2, 0.25) is 0 Å². The first-order valence-corrected chi connectivity index (χ1v) is 16.7. The second-order valence-corrected chi connectivity index (χ2v) is 14.3. The third-order valence-corrected chi connectivity index (χ3v) is 10.1. The number of pyridine rings is 1. The van der Waals surface area contributed by atoms with Gasteiger partial charge in [-0.05, 0) is 72.2 Å². The van der Waals surface area contributed by atoms with E-state index in [1.807, 2.05) is 11.8 Å². The average Bonchev–Trinajstić information content (AvgIpc) is 3.57. The van der Waals surface area contributed by atoms with Crippen LogP contribution in [0.3, 0.4) is 0 Å². The number of aliphatic hydroxyl groups excluding tert-OH is 1. The van der Waals surface area contributed by atoms with Crippen molar-refractivity contribution in [1.29, 1.82) is 0 Å². The monoisotopic (exact) mass is 665 g/mol. The van der Waals surface area contributed by atoms with E-state index in [0.29, 0.717) is 77.7 Å². The molecule has 0 aliphatic carbocycles. The fourth-order valence-corrected chi connectivity index (χ4v) is 8.16. The number of rotatable bonds is 9. The predicted molar refractivity (Wildman–Crippen MR) is 177 cm³/mol. The van der Waals surface area contributed by atoms with Crippen LogP contribution in [0.15, 0.2) is 30.5 Å². The summed E-state index contributed by atoms with van der Waals surface area (Å²) in [6.45, 7) is 8.15. The molecule has 5 heterocycles. The van der Waals surface area contributed by atoms with E-state index in [-0.39, 0.29) is 36.0 Å². The number of aliphatic hydroxyl groups is 1. The van der Waals surface area contributed by atoms with Gasteiger partial charge < -0.3 is 24.2 Å². The molecule has 7 rings (SSSR count). The van der Waals surface area contributed by atoms with Crippen LogP contribution < -0.4 is 14.4 Å². The Balaban J connectivity index is 1.39. The van der Waals surface area contributed by atoms with E-state index in [1.165, 1.54) is 19.4 Å². The first-order valence-electron chi connectivity index (χ1n) is 16.7. The summed E-state index contributed by atoms with van der Waals surface area (Å²) in [7, 11) is 1.50. The van der Waals surface area contributed by atoms with Gasteiger partial charge in [0.05, 0.1) is 17.0 Å². The van der Waals surface area contributed by atoms with Gasteiger partial charge in [-0.25, -0.2) is 13.2 Å². The van der Waals surface area contributed by atoms with Crippen molar-refractivity contribution in [1.82, 2.24) is 19.9 Å². The molecular weight excluding hydrogens is 623 g/mol. The van der Waals surface area contributed by atoms with Crippen LogP contribution in [0.4, 0.5) is 19.0 Å². The fourth-order valence-electron chi connectivity index (χ4n) is 8.16. The first-order chi connectivity index (χ1) is 23.0. The molecule has 1 N–H and O–H groups in total. The van der Waals surface area contributed by atoms with Crippen molar-refractivity contribution >= 4 is 27.5 Å². The zero-order chi connectivity index (χ0) is 33.8. The van der Waals surface area contributed by atoms with Crippen LogP contribution in [0.5, 0.6) is 11.8 Å². The molecule has 9 nitrogen and oxygen atoms in total. The van der Waals surface area contributed by atoms with E-state index in [0.717, 1.165) is 19.4 Å². The van der Waals surface area contributed by atoms with E-state index < -0.39 is 29.4 Å². The van der Waals surface area contributed by atoms with Crippen molar-refractivity contribution in [2.45, 2.75) is 70.7 Å². The Morgan fingerprint density at radius 3 is 2.69 bits per heavy atom. The molecule has 0 bridgehead atoms. The molecule has 2 aromatic carbocycles. The molecule has 0 saturated carbocycles. The SMILES string of the molecule is CCc1c(F)ccc2cc(OCOC)cc(-c3ncc4c(N5CC(O)CC(C)(C)C5)nc(OC[C@@]56CCCN5C[C@H](F)C6)nc4c3F)c12. The molecule has 0 spiro atoms. The van der Waals surface area contributed by atoms with Crippen LogP contribution in [-0.4, -0.2) is 89.5 Å². The molecule has 3 fully saturated rings. The van der Waals surface area contributed by atoms with E-state index >= 15 is 8.78 Å². The number of β-amino-alcohol motifs (C(OH)–C–C–N with tert-alkyl or cyclic N) is 1. The van der Waals surface area contributed by atoms with Crippen molar-refractivity contribution < 1.29 is 32.5 Å². The summed E-state index contributed by atoms with van der Waals surface area (Å²) < 4.78 is 63.9. The molecule has 256 valence electrons. The zero-order valence-electron chi connectivity index (χ0n) is 27.9. The molecule has 3 aliphatic heterocycles. The van der Waals surface area contributed by atoms with Gasteiger partial charge in [0.15, 0.2) is 12.6 Å². The lowest BCUT2D eigenvalue weighted by molar-refractivity contribution is 0.0512. The van der Waals surface area contributed by atoms with Crippen LogP contribution in [-0.2, 0) is 11.2 Å². The van der Waals surface area contributed by atoms with Gasteiger partial charge in [-0.3, -0.25) is 9.88 Å². The number of alkyl halides is 1. The molecule has 1 unspecified atom stereocenters. The van der Waals surface area contributed by atoms with Gasteiger partial charge in [-0.1, -0.05) is 26.8 Å². The maximum atomic E-state index is 17.1. The quantitative estimate of drug-likeness (QED) is 0.209. The summed E-state index contributed by atoms with van der Waals surface area (Å²) in [5.74, 6) is -0.306. The standard InChI is InChI=1S/C36H42F3N5O4/c1-5-25-28(38)8-7-21-11-24(48-20-46-4)12-26(29(21)25)31-30(39)32-27(15-40-31)33(43-17-23(45)14-35(2,3)18-43)42-34(41-32)47-19-36-9-6-10-44(36)16-22(37)13-36/h7-8,11-12,15,22-23,45H,5-6,9-10,13-14,16-20H2,1-4H3/t22-,23?,36+/m1/s1. The average molecular weight is 666 g/mol. The van der Waals surface area contributed by atoms with Crippen molar-refractivity contribution in [2.75, 3.05) is 51.6 Å². The van der Waals surface area contributed by atoms with Gasteiger partial charge in [-0.15, -0.1) is 0 Å². The highest BCUT2D eigenvalue weighted by Crippen LogP contribution is 2.42. The lowest BCUT2D eigenvalue weighted by atomic mass is 9.82. The summed E-state index contributed by atoms with van der Waals surface area (Å²) in [6.07, 6.45) is 3.09. The lowest BCUT2D eigenvalue weighted by Gasteiger charge is -2.41. The second-order valence-electron chi connectivity index (χ2n) is 14.3. The summed E-state index contributed by atoms with van der Waals surface area (Å²) in [4.78, 5) is 18.1. The molecule has 4 aromatic rings. The third kappa shape index (κ3) is 5.92. The van der Waals surface area contributed by atoms with Crippen LogP contribution >= 0.6 is 0 Å². The first kappa shape index (κ1) is 32.8. The summed E-state index contributed by atoms with van der Waals surface area (Å²) in [6, 6.07) is 6.41. The Hall–Kier alpha value is -3.74. The minimum absolute atomic E-state index is 0.0146. The highest BCUT2D eigenvalue weighted by molar-refractivity contribution is 6.01. The van der Waals surface area contributed by atoms with Gasteiger partial charge in [-0.2, -0.15) is 9.97 Å².